The number of nitrogens with zero attached hydrogens (tertiary/aromatic N) is 4. The molecule has 0 saturated heterocycles. The predicted molar refractivity (Wildman–Crippen MR) is 183 cm³/mol. The predicted octanol–water partition coefficient (Wildman–Crippen LogP) is 5.50. The fraction of sp³-hybridized carbons (Fsp3) is 0.559. The molecule has 0 aliphatic carbocycles. The van der Waals surface area contributed by atoms with Gasteiger partial charge in [-0.2, -0.15) is 0 Å². The van der Waals surface area contributed by atoms with E-state index in [2.05, 4.69) is 26.3 Å². The van der Waals surface area contributed by atoms with Crippen molar-refractivity contribution in [2.24, 2.45) is 5.92 Å². The first-order valence-corrected chi connectivity index (χ1v) is 16.6. The Bertz CT molecular complexity index is 1570. The summed E-state index contributed by atoms with van der Waals surface area (Å²) >= 11 is 0. The number of nitrogens with one attached hydrogen (secondary N) is 3. The maximum absolute atomic E-state index is 14.4. The van der Waals surface area contributed by atoms with Gasteiger partial charge in [-0.3, -0.25) is 4.79 Å². The van der Waals surface area contributed by atoms with Crippen molar-refractivity contribution >= 4 is 35.0 Å². The minimum Gasteiger partial charge on any atom is -0.490 e. The van der Waals surface area contributed by atoms with Gasteiger partial charge in [0.25, 0.3) is 5.91 Å². The molecule has 1 aromatic carbocycles. The fourth-order valence-electron chi connectivity index (χ4n) is 5.62. The van der Waals surface area contributed by atoms with E-state index < -0.39 is 18.2 Å². The van der Waals surface area contributed by atoms with E-state index in [-0.39, 0.29) is 49.2 Å². The van der Waals surface area contributed by atoms with E-state index in [0.717, 1.165) is 12.8 Å². The molecule has 4 N–H and O–H groups in total. The number of hydrogen-bond donors (Lipinski definition) is 4. The Morgan fingerprint density at radius 2 is 1.67 bits per heavy atom. The molecule has 1 aliphatic rings. The molecular formula is C34H49N7O8. The number of urea groups is 2. The van der Waals surface area contributed by atoms with Crippen LogP contribution in [0.15, 0.2) is 27.2 Å². The molecule has 15 nitrogen and oxygen atoms in total. The van der Waals surface area contributed by atoms with Gasteiger partial charge in [-0.15, -0.1) is 0 Å². The van der Waals surface area contributed by atoms with Crippen LogP contribution in [0.4, 0.5) is 26.7 Å². The highest BCUT2D eigenvalue weighted by Crippen LogP contribution is 2.29. The smallest absolute Gasteiger partial charge is 0.323 e. The molecule has 0 unspecified atom stereocenters. The van der Waals surface area contributed by atoms with Gasteiger partial charge in [0.1, 0.15) is 28.5 Å². The maximum atomic E-state index is 14.4. The molecule has 0 radical (unpaired) electrons. The fourth-order valence-corrected chi connectivity index (χ4v) is 5.62. The second-order valence-corrected chi connectivity index (χ2v) is 12.8. The zero-order chi connectivity index (χ0) is 35.8. The first kappa shape index (κ1) is 37.2. The first-order chi connectivity index (χ1) is 23.3. The van der Waals surface area contributed by atoms with E-state index in [4.69, 9.17) is 18.5 Å². The Morgan fingerprint density at radius 3 is 2.29 bits per heavy atom. The third-order valence-corrected chi connectivity index (χ3v) is 8.65. The SMILES string of the molecule is Cc1noc(C)c1NC(=O)Nc1ccc2c(c1)C(=O)N([C@H](C)CO)C[C@H](C)[C@@H](CN(C)C(=O)Nc1c(C)noc1C)OCCCC[C@@H](C)O2. The van der Waals surface area contributed by atoms with Crippen LogP contribution in [0.1, 0.15) is 73.3 Å². The average molecular weight is 684 g/mol. The number of aryl methyl sites for hydroxylation is 4. The average Bonchev–Trinajstić information content (AvgIpc) is 3.56. The van der Waals surface area contributed by atoms with Crippen molar-refractivity contribution < 1.29 is 38.0 Å². The topological polar surface area (TPSA) is 185 Å². The summed E-state index contributed by atoms with van der Waals surface area (Å²) in [4.78, 5) is 43.6. The van der Waals surface area contributed by atoms with E-state index >= 15 is 0 Å². The molecular weight excluding hydrogens is 634 g/mol. The second-order valence-electron chi connectivity index (χ2n) is 12.8. The molecule has 49 heavy (non-hydrogen) atoms. The minimum atomic E-state index is -0.561. The highest BCUT2D eigenvalue weighted by molar-refractivity contribution is 6.03. The minimum absolute atomic E-state index is 0.212. The molecule has 268 valence electrons. The summed E-state index contributed by atoms with van der Waals surface area (Å²) < 4.78 is 23.0. The van der Waals surface area contributed by atoms with Crippen LogP contribution in [0.2, 0.25) is 0 Å². The van der Waals surface area contributed by atoms with Crippen molar-refractivity contribution in [3.8, 4) is 5.75 Å². The largest absolute Gasteiger partial charge is 0.490 e. The van der Waals surface area contributed by atoms with Crippen molar-refractivity contribution in [3.05, 3.63) is 46.7 Å². The van der Waals surface area contributed by atoms with E-state index in [1.807, 2.05) is 13.8 Å². The number of aliphatic hydroxyl groups is 1. The Hall–Kier alpha value is -4.63. The van der Waals surface area contributed by atoms with Gasteiger partial charge in [-0.05, 0) is 79.0 Å². The highest BCUT2D eigenvalue weighted by atomic mass is 16.5. The summed E-state index contributed by atoms with van der Waals surface area (Å²) in [6.07, 6.45) is 1.67. The van der Waals surface area contributed by atoms with Crippen LogP contribution >= 0.6 is 0 Å². The molecule has 0 bridgehead atoms. The zero-order valence-corrected chi connectivity index (χ0v) is 29.6. The lowest BCUT2D eigenvalue weighted by molar-refractivity contribution is -0.0115. The van der Waals surface area contributed by atoms with Crippen molar-refractivity contribution in [1.82, 2.24) is 20.1 Å². The standard InChI is InChI=1S/C34H49N7O8/c1-19-16-41(20(2)18-42)32(43)27-15-26(35-33(44)36-30-22(4)38-48-24(30)6)12-13-28(27)47-21(3)11-9-10-14-46-29(19)17-40(8)34(45)37-31-23(5)39-49-25(31)7/h12-13,15,19-21,29,42H,9-11,14,16-18H2,1-8H3,(H,37,45)(H2,35,36,44)/t19-,20+,21+,29+/m0/s1. The van der Waals surface area contributed by atoms with E-state index in [0.29, 0.717) is 58.7 Å². The second kappa shape index (κ2) is 16.7. The Labute approximate surface area is 286 Å². The van der Waals surface area contributed by atoms with Crippen LogP contribution in [-0.2, 0) is 4.74 Å². The number of aromatic nitrogens is 2. The van der Waals surface area contributed by atoms with Gasteiger partial charge in [0.05, 0.1) is 30.4 Å². The van der Waals surface area contributed by atoms with Crippen LogP contribution in [0.3, 0.4) is 0 Å². The van der Waals surface area contributed by atoms with Crippen molar-refractivity contribution in [3.63, 3.8) is 0 Å². The summed E-state index contributed by atoms with van der Waals surface area (Å²) in [5.41, 5.74) is 2.70. The maximum Gasteiger partial charge on any atom is 0.323 e. The van der Waals surface area contributed by atoms with Gasteiger partial charge in [-0.25, -0.2) is 9.59 Å². The third-order valence-electron chi connectivity index (χ3n) is 8.65. The van der Waals surface area contributed by atoms with Gasteiger partial charge in [0.15, 0.2) is 11.5 Å². The number of carbonyl (C=O) groups is 3. The summed E-state index contributed by atoms with van der Waals surface area (Å²) in [6, 6.07) is 3.48. The summed E-state index contributed by atoms with van der Waals surface area (Å²) in [6.45, 7) is 13.2. The van der Waals surface area contributed by atoms with E-state index in [1.165, 1.54) is 4.90 Å². The van der Waals surface area contributed by atoms with Gasteiger partial charge < -0.3 is 49.4 Å². The Morgan fingerprint density at radius 1 is 1.02 bits per heavy atom. The van der Waals surface area contributed by atoms with Gasteiger partial charge in [0.2, 0.25) is 0 Å². The van der Waals surface area contributed by atoms with Crippen LogP contribution in [0.25, 0.3) is 0 Å². The normalized spacial score (nSPS) is 19.7. The molecule has 4 rings (SSSR count). The Balaban J connectivity index is 1.59. The number of carbonyl (C=O) groups excluding carboxylic acids is 3. The van der Waals surface area contributed by atoms with E-state index in [9.17, 15) is 19.5 Å². The highest BCUT2D eigenvalue weighted by Gasteiger charge is 2.31. The molecule has 3 aromatic rings. The third kappa shape index (κ3) is 9.50. The number of hydrogen-bond acceptors (Lipinski definition) is 10. The van der Waals surface area contributed by atoms with Crippen LogP contribution in [0.5, 0.6) is 5.75 Å². The van der Waals surface area contributed by atoms with Gasteiger partial charge in [0, 0.05) is 38.3 Å². The van der Waals surface area contributed by atoms with Gasteiger partial charge in [-0.1, -0.05) is 17.2 Å². The van der Waals surface area contributed by atoms with Crippen molar-refractivity contribution in [2.75, 3.05) is 49.3 Å². The number of aliphatic hydroxyl groups excluding tert-OH is 1. The number of anilines is 3. The molecule has 3 heterocycles. The number of likely N-dealkylation sites (N-methyl/N-ethyl adjacent to an activating group) is 1. The summed E-state index contributed by atoms with van der Waals surface area (Å²) in [5.74, 6) is 0.711. The van der Waals surface area contributed by atoms with Crippen molar-refractivity contribution in [2.45, 2.75) is 86.0 Å². The molecule has 0 saturated carbocycles. The summed E-state index contributed by atoms with van der Waals surface area (Å²) in [7, 11) is 1.68. The lowest BCUT2D eigenvalue weighted by Gasteiger charge is -2.35. The molecule has 5 amide bonds. The number of benzene rings is 1. The number of fused-ring (bicyclic) bond motifs is 1. The molecule has 2 aromatic heterocycles. The van der Waals surface area contributed by atoms with E-state index in [1.54, 1.807) is 64.8 Å². The lowest BCUT2D eigenvalue weighted by atomic mass is 10.0. The van der Waals surface area contributed by atoms with Gasteiger partial charge >= 0.3 is 12.1 Å². The molecule has 4 atom stereocenters. The van der Waals surface area contributed by atoms with Crippen LogP contribution in [0, 0.1) is 33.6 Å². The number of rotatable bonds is 7. The number of amides is 5. The lowest BCUT2D eigenvalue weighted by Crippen LogP contribution is -2.48. The van der Waals surface area contributed by atoms with Crippen LogP contribution in [-0.4, -0.2) is 94.8 Å². The van der Waals surface area contributed by atoms with Crippen LogP contribution < -0.4 is 20.7 Å². The van der Waals surface area contributed by atoms with Crippen molar-refractivity contribution in [1.29, 1.82) is 0 Å². The number of ether oxygens (including phenoxy) is 2. The zero-order valence-electron chi connectivity index (χ0n) is 29.6. The Kier molecular flexibility index (Phi) is 12.6. The summed E-state index contributed by atoms with van der Waals surface area (Å²) in [5, 5.41) is 26.4. The molecule has 1 aliphatic heterocycles. The monoisotopic (exact) mass is 683 g/mol. The molecule has 0 spiro atoms. The first-order valence-electron chi connectivity index (χ1n) is 16.6. The molecule has 15 heteroatoms. The quantitative estimate of drug-likeness (QED) is 0.248. The molecule has 0 fully saturated rings.